The normalized spacial score (nSPS) is 24.6. The number of fused-ring (bicyclic) bond motifs is 2. The van der Waals surface area contributed by atoms with Gasteiger partial charge in [-0.3, -0.25) is 9.69 Å². The highest BCUT2D eigenvalue weighted by Crippen LogP contribution is 2.62. The van der Waals surface area contributed by atoms with Gasteiger partial charge < -0.3 is 44.0 Å². The zero-order valence-corrected chi connectivity index (χ0v) is 39.4. The maximum absolute atomic E-state index is 14.9. The number of hydrogen-bond acceptors (Lipinski definition) is 11. The first-order valence-electron chi connectivity index (χ1n) is 24.7. The van der Waals surface area contributed by atoms with E-state index in [0.29, 0.717) is 38.0 Å². The van der Waals surface area contributed by atoms with Crippen molar-refractivity contribution in [1.82, 2.24) is 9.80 Å². The van der Waals surface area contributed by atoms with E-state index in [1.807, 2.05) is 37.8 Å². The van der Waals surface area contributed by atoms with Gasteiger partial charge in [0.15, 0.2) is 0 Å². The Hall–Kier alpha value is -3.00. The van der Waals surface area contributed by atoms with Crippen molar-refractivity contribution in [3.63, 3.8) is 0 Å². The molecule has 5 rings (SSSR count). The second-order valence-corrected chi connectivity index (χ2v) is 19.2. The molecule has 12 heteroatoms. The molecule has 6 unspecified atom stereocenters. The number of hydrogen-bond donors (Lipinski definition) is 3. The molecule has 1 amide bonds. The molecule has 2 heterocycles. The first-order valence-corrected chi connectivity index (χ1v) is 24.7. The Balaban J connectivity index is 1.63. The standard InChI is InChI=1S/C51H83N3O9/c1-6-8-9-10-11-12-13-14-15-22-47(58)54(28-33-59-35-31-57)46-38-44(52-63-50(3,4)5)42-36-39(20-16-18-29-55)41(21-17-19-30-56)48-43-37-40(60-34-27-53-25-26-53)23-24-45(43)62-51(46,49(42)48)61-32-7-2/h7,23-24,36-37,39,41,46,48-49,55-57H,2,6,8-22,25-35,38H2,1,3-5H3. The van der Waals surface area contributed by atoms with Gasteiger partial charge >= 0.3 is 0 Å². The Morgan fingerprint density at radius 3 is 2.32 bits per heavy atom. The lowest BCUT2D eigenvalue weighted by molar-refractivity contribution is -0.258. The van der Waals surface area contributed by atoms with Crippen LogP contribution in [0.2, 0.25) is 0 Å². The van der Waals surface area contributed by atoms with Crippen molar-refractivity contribution < 1.29 is 43.9 Å². The lowest BCUT2D eigenvalue weighted by Gasteiger charge is -2.60. The van der Waals surface area contributed by atoms with Crippen LogP contribution in [0.25, 0.3) is 0 Å². The van der Waals surface area contributed by atoms with E-state index in [1.54, 1.807) is 6.08 Å². The van der Waals surface area contributed by atoms with E-state index in [0.717, 1.165) is 87.2 Å². The third-order valence-corrected chi connectivity index (χ3v) is 13.2. The number of aliphatic hydroxyl groups excluding tert-OH is 3. The van der Waals surface area contributed by atoms with Gasteiger partial charge in [-0.2, -0.15) is 0 Å². The van der Waals surface area contributed by atoms with Crippen LogP contribution in [0.5, 0.6) is 11.5 Å². The number of carbonyl (C=O) groups is 1. The number of benzene rings is 1. The average molecular weight is 882 g/mol. The molecular weight excluding hydrogens is 799 g/mol. The second kappa shape index (κ2) is 26.2. The summed E-state index contributed by atoms with van der Waals surface area (Å²) < 4.78 is 26.9. The highest BCUT2D eigenvalue weighted by atomic mass is 16.7. The van der Waals surface area contributed by atoms with E-state index in [1.165, 1.54) is 38.5 Å². The average Bonchev–Trinajstić information content (AvgIpc) is 4.10. The lowest BCUT2D eigenvalue weighted by Crippen LogP contribution is -2.70. The molecule has 356 valence electrons. The fourth-order valence-electron chi connectivity index (χ4n) is 10.0. The van der Waals surface area contributed by atoms with Crippen LogP contribution in [0.1, 0.15) is 148 Å². The lowest BCUT2D eigenvalue weighted by atomic mass is 9.55. The summed E-state index contributed by atoms with van der Waals surface area (Å²) in [7, 11) is 0. The van der Waals surface area contributed by atoms with Gasteiger partial charge in [0.2, 0.25) is 11.7 Å². The molecule has 1 aromatic carbocycles. The van der Waals surface area contributed by atoms with Crippen LogP contribution in [0.3, 0.4) is 0 Å². The second-order valence-electron chi connectivity index (χ2n) is 19.2. The van der Waals surface area contributed by atoms with Crippen molar-refractivity contribution in [2.75, 3.05) is 72.4 Å². The Morgan fingerprint density at radius 1 is 0.937 bits per heavy atom. The molecule has 2 fully saturated rings. The third-order valence-electron chi connectivity index (χ3n) is 13.2. The van der Waals surface area contributed by atoms with E-state index in [4.69, 9.17) is 28.9 Å². The molecule has 0 aromatic heterocycles. The first-order chi connectivity index (χ1) is 30.6. The molecule has 2 aliphatic heterocycles. The van der Waals surface area contributed by atoms with Gasteiger partial charge in [0.1, 0.15) is 29.7 Å². The largest absolute Gasteiger partial charge is 0.492 e. The molecule has 2 aliphatic carbocycles. The number of nitrogens with zero attached hydrogens (tertiary/aromatic N) is 3. The van der Waals surface area contributed by atoms with Gasteiger partial charge in [0, 0.05) is 63.7 Å². The zero-order chi connectivity index (χ0) is 45.1. The maximum atomic E-state index is 14.9. The van der Waals surface area contributed by atoms with Crippen molar-refractivity contribution in [3.8, 4) is 11.5 Å². The monoisotopic (exact) mass is 882 g/mol. The number of ether oxygens (including phenoxy) is 4. The fraction of sp³-hybridized carbons (Fsp3) is 0.765. The molecule has 63 heavy (non-hydrogen) atoms. The van der Waals surface area contributed by atoms with Crippen LogP contribution >= 0.6 is 0 Å². The van der Waals surface area contributed by atoms with Crippen LogP contribution in [-0.4, -0.2) is 127 Å². The molecule has 0 spiro atoms. The summed E-state index contributed by atoms with van der Waals surface area (Å²) in [6, 6.07) is 5.55. The van der Waals surface area contributed by atoms with Gasteiger partial charge in [-0.25, -0.2) is 0 Å². The van der Waals surface area contributed by atoms with Gasteiger partial charge in [-0.1, -0.05) is 88.4 Å². The minimum absolute atomic E-state index is 0.0129. The summed E-state index contributed by atoms with van der Waals surface area (Å²) in [5, 5.41) is 34.5. The van der Waals surface area contributed by atoms with Crippen molar-refractivity contribution in [1.29, 1.82) is 0 Å². The Kier molecular flexibility index (Phi) is 21.2. The summed E-state index contributed by atoms with van der Waals surface area (Å²) in [5.41, 5.74) is 2.27. The Labute approximate surface area is 379 Å². The van der Waals surface area contributed by atoms with Gasteiger partial charge in [-0.05, 0) is 88.5 Å². The van der Waals surface area contributed by atoms with Crippen LogP contribution in [0, 0.1) is 17.8 Å². The minimum atomic E-state index is -1.34. The molecule has 1 saturated carbocycles. The van der Waals surface area contributed by atoms with Crippen molar-refractivity contribution in [2.45, 2.75) is 160 Å². The molecule has 3 N–H and O–H groups in total. The van der Waals surface area contributed by atoms with Crippen LogP contribution in [0.4, 0.5) is 0 Å². The molecule has 6 atom stereocenters. The predicted molar refractivity (Wildman–Crippen MR) is 249 cm³/mol. The van der Waals surface area contributed by atoms with E-state index in [2.05, 4.69) is 30.5 Å². The van der Waals surface area contributed by atoms with Crippen LogP contribution in [0.15, 0.2) is 47.7 Å². The number of allylic oxidation sites excluding steroid dienone is 1. The summed E-state index contributed by atoms with van der Waals surface area (Å²) in [6.45, 7) is 17.0. The number of unbranched alkanes of at least 4 members (excludes halogenated alkanes) is 10. The van der Waals surface area contributed by atoms with Crippen molar-refractivity contribution in [3.05, 3.63) is 48.1 Å². The van der Waals surface area contributed by atoms with Crippen LogP contribution < -0.4 is 9.47 Å². The number of rotatable bonds is 32. The van der Waals surface area contributed by atoms with Gasteiger partial charge in [-0.15, -0.1) is 6.58 Å². The molecule has 1 saturated heterocycles. The predicted octanol–water partition coefficient (Wildman–Crippen LogP) is 8.57. The molecule has 1 aromatic rings. The first kappa shape index (κ1) is 51.0. The van der Waals surface area contributed by atoms with E-state index < -0.39 is 23.3 Å². The topological polar surface area (TPSA) is 143 Å². The van der Waals surface area contributed by atoms with Crippen molar-refractivity contribution >= 4 is 11.6 Å². The highest BCUT2D eigenvalue weighted by Gasteiger charge is 2.65. The smallest absolute Gasteiger partial charge is 0.239 e. The quantitative estimate of drug-likeness (QED) is 0.0279. The summed E-state index contributed by atoms with van der Waals surface area (Å²) >= 11 is 0. The number of aliphatic hydroxyl groups is 3. The van der Waals surface area contributed by atoms with Crippen LogP contribution in [-0.2, 0) is 19.1 Å². The van der Waals surface area contributed by atoms with E-state index in [9.17, 15) is 20.1 Å². The molecular formula is C51H83N3O9. The summed E-state index contributed by atoms with van der Waals surface area (Å²) in [4.78, 5) is 25.5. The van der Waals surface area contributed by atoms with Crippen molar-refractivity contribution in [2.24, 2.45) is 22.9 Å². The van der Waals surface area contributed by atoms with Gasteiger partial charge in [0.05, 0.1) is 38.1 Å². The SMILES string of the molecule is C=CCOC12Oc3ccc(OCCN4CC4)cc3C3C(CCCCO)C(CCCCO)C=C(C(=NOC(C)(C)C)CC1N(CCOCCO)C(=O)CCCCCCCCCCC)C32. The Bertz CT molecular complexity index is 1590. The summed E-state index contributed by atoms with van der Waals surface area (Å²) in [5.74, 6) is -0.0985. The third kappa shape index (κ3) is 14.8. The minimum Gasteiger partial charge on any atom is -0.492 e. The fourth-order valence-corrected chi connectivity index (χ4v) is 10.0. The van der Waals surface area contributed by atoms with E-state index >= 15 is 0 Å². The number of carbonyl (C=O) groups excluding carboxylic acids is 1. The molecule has 0 radical (unpaired) electrons. The highest BCUT2D eigenvalue weighted by molar-refractivity contribution is 6.03. The number of amides is 1. The van der Waals surface area contributed by atoms with E-state index in [-0.39, 0.29) is 69.8 Å². The van der Waals surface area contributed by atoms with Gasteiger partial charge in [0.25, 0.3) is 0 Å². The molecule has 4 aliphatic rings. The number of oxime groups is 1. The molecule has 12 nitrogen and oxygen atoms in total. The molecule has 0 bridgehead atoms. The summed E-state index contributed by atoms with van der Waals surface area (Å²) in [6.07, 6.45) is 20.1. The maximum Gasteiger partial charge on any atom is 0.239 e. The Morgan fingerprint density at radius 2 is 1.65 bits per heavy atom. The zero-order valence-electron chi connectivity index (χ0n) is 39.4.